The molecule has 0 aromatic heterocycles. The first kappa shape index (κ1) is 11.5. The average molecular weight is 219 g/mol. The summed E-state index contributed by atoms with van der Waals surface area (Å²) in [5.74, 6) is 1.79. The topological polar surface area (TPSA) is 21.3 Å². The molecule has 0 radical (unpaired) electrons. The fourth-order valence-electron chi connectivity index (χ4n) is 2.30. The number of rotatable bonds is 5. The van der Waals surface area contributed by atoms with Crippen molar-refractivity contribution in [3.63, 3.8) is 0 Å². The molecule has 0 heterocycles. The highest BCUT2D eigenvalue weighted by Gasteiger charge is 2.32. The summed E-state index contributed by atoms with van der Waals surface area (Å²) in [6.07, 6.45) is 2.73. The van der Waals surface area contributed by atoms with E-state index in [0.29, 0.717) is 6.04 Å². The molecule has 0 aliphatic heterocycles. The van der Waals surface area contributed by atoms with Crippen molar-refractivity contribution < 1.29 is 4.74 Å². The van der Waals surface area contributed by atoms with Crippen molar-refractivity contribution in [2.24, 2.45) is 5.92 Å². The lowest BCUT2D eigenvalue weighted by molar-refractivity contribution is 0.413. The molecule has 1 aliphatic carbocycles. The minimum Gasteiger partial charge on any atom is -0.497 e. The van der Waals surface area contributed by atoms with Gasteiger partial charge in [-0.15, -0.1) is 0 Å². The van der Waals surface area contributed by atoms with Gasteiger partial charge in [-0.2, -0.15) is 0 Å². The van der Waals surface area contributed by atoms with Crippen molar-refractivity contribution >= 4 is 0 Å². The Balaban J connectivity index is 2.22. The quantitative estimate of drug-likeness (QED) is 0.821. The first-order chi connectivity index (χ1) is 7.76. The molecule has 1 aliphatic rings. The first-order valence-corrected chi connectivity index (χ1v) is 6.14. The van der Waals surface area contributed by atoms with Crippen LogP contribution in [-0.2, 0) is 0 Å². The van der Waals surface area contributed by atoms with E-state index in [0.717, 1.165) is 18.2 Å². The Morgan fingerprint density at radius 1 is 1.44 bits per heavy atom. The van der Waals surface area contributed by atoms with Gasteiger partial charge in [0.1, 0.15) is 5.75 Å². The Kier molecular flexibility index (Phi) is 3.49. The van der Waals surface area contributed by atoms with Gasteiger partial charge >= 0.3 is 0 Å². The molecule has 1 atom stereocenters. The van der Waals surface area contributed by atoms with Crippen molar-refractivity contribution in [2.45, 2.75) is 32.7 Å². The molecule has 0 amide bonds. The van der Waals surface area contributed by atoms with Crippen LogP contribution < -0.4 is 10.1 Å². The van der Waals surface area contributed by atoms with Gasteiger partial charge in [0, 0.05) is 6.04 Å². The van der Waals surface area contributed by atoms with E-state index in [1.54, 1.807) is 7.11 Å². The fourth-order valence-corrected chi connectivity index (χ4v) is 2.30. The highest BCUT2D eigenvalue weighted by Crippen LogP contribution is 2.42. The molecular formula is C14H21NO. The fraction of sp³-hybridized carbons (Fsp3) is 0.571. The Bertz CT molecular complexity index is 358. The summed E-state index contributed by atoms with van der Waals surface area (Å²) >= 11 is 0. The number of aryl methyl sites for hydroxylation is 1. The minimum absolute atomic E-state index is 0.538. The summed E-state index contributed by atoms with van der Waals surface area (Å²) < 4.78 is 5.25. The monoisotopic (exact) mass is 219 g/mol. The summed E-state index contributed by atoms with van der Waals surface area (Å²) in [4.78, 5) is 0. The van der Waals surface area contributed by atoms with E-state index in [-0.39, 0.29) is 0 Å². The van der Waals surface area contributed by atoms with Gasteiger partial charge in [-0.05, 0) is 55.5 Å². The van der Waals surface area contributed by atoms with Crippen molar-refractivity contribution in [1.29, 1.82) is 0 Å². The van der Waals surface area contributed by atoms with Crippen LogP contribution >= 0.6 is 0 Å². The van der Waals surface area contributed by atoms with Crippen molar-refractivity contribution in [2.75, 3.05) is 13.7 Å². The summed E-state index contributed by atoms with van der Waals surface area (Å²) in [6.45, 7) is 5.38. The predicted molar refractivity (Wildman–Crippen MR) is 66.9 cm³/mol. The zero-order valence-electron chi connectivity index (χ0n) is 10.4. The maximum atomic E-state index is 5.25. The van der Waals surface area contributed by atoms with E-state index in [9.17, 15) is 0 Å². The Labute approximate surface area is 98.0 Å². The third-order valence-electron chi connectivity index (χ3n) is 3.33. The van der Waals surface area contributed by atoms with Crippen molar-refractivity contribution in [3.05, 3.63) is 29.3 Å². The van der Waals surface area contributed by atoms with Crippen LogP contribution in [0.15, 0.2) is 18.2 Å². The normalized spacial score (nSPS) is 17.2. The summed E-state index contributed by atoms with van der Waals surface area (Å²) in [7, 11) is 1.72. The Morgan fingerprint density at radius 2 is 2.19 bits per heavy atom. The molecule has 1 fully saturated rings. The standard InChI is InChI=1S/C14H21NO/c1-4-15-14(11-5-6-11)13-8-7-12(16-3)9-10(13)2/h7-9,11,14-15H,4-6H2,1-3H3. The molecule has 0 saturated heterocycles. The lowest BCUT2D eigenvalue weighted by Crippen LogP contribution is -2.23. The molecule has 16 heavy (non-hydrogen) atoms. The van der Waals surface area contributed by atoms with Gasteiger partial charge in [0.25, 0.3) is 0 Å². The van der Waals surface area contributed by atoms with Crippen LogP contribution in [0.5, 0.6) is 5.75 Å². The number of methoxy groups -OCH3 is 1. The van der Waals surface area contributed by atoms with Crippen LogP contribution in [0.4, 0.5) is 0 Å². The Morgan fingerprint density at radius 3 is 2.69 bits per heavy atom. The molecule has 2 rings (SSSR count). The van der Waals surface area contributed by atoms with Gasteiger partial charge in [-0.1, -0.05) is 13.0 Å². The van der Waals surface area contributed by atoms with E-state index in [1.807, 2.05) is 0 Å². The SMILES string of the molecule is CCNC(c1ccc(OC)cc1C)C1CC1. The maximum absolute atomic E-state index is 5.25. The van der Waals surface area contributed by atoms with Crippen molar-refractivity contribution in [1.82, 2.24) is 5.32 Å². The largest absolute Gasteiger partial charge is 0.497 e. The van der Waals surface area contributed by atoms with E-state index in [1.165, 1.54) is 24.0 Å². The van der Waals surface area contributed by atoms with Gasteiger partial charge in [0.05, 0.1) is 7.11 Å². The van der Waals surface area contributed by atoms with Crippen LogP contribution in [0.1, 0.15) is 36.9 Å². The third kappa shape index (κ3) is 2.38. The lowest BCUT2D eigenvalue weighted by Gasteiger charge is -2.20. The zero-order valence-corrected chi connectivity index (χ0v) is 10.4. The third-order valence-corrected chi connectivity index (χ3v) is 3.33. The van der Waals surface area contributed by atoms with Gasteiger partial charge in [0.2, 0.25) is 0 Å². The highest BCUT2D eigenvalue weighted by atomic mass is 16.5. The smallest absolute Gasteiger partial charge is 0.119 e. The van der Waals surface area contributed by atoms with Crippen LogP contribution in [0.3, 0.4) is 0 Å². The molecule has 0 bridgehead atoms. The molecule has 1 unspecified atom stereocenters. The maximum Gasteiger partial charge on any atom is 0.119 e. The molecule has 1 aromatic carbocycles. The predicted octanol–water partition coefficient (Wildman–Crippen LogP) is 3.06. The molecule has 1 saturated carbocycles. The molecular weight excluding hydrogens is 198 g/mol. The first-order valence-electron chi connectivity index (χ1n) is 6.14. The average Bonchev–Trinajstić information content (AvgIpc) is 3.10. The lowest BCUT2D eigenvalue weighted by atomic mass is 9.97. The van der Waals surface area contributed by atoms with Crippen LogP contribution in [0, 0.1) is 12.8 Å². The second-order valence-electron chi connectivity index (χ2n) is 4.60. The number of hydrogen-bond acceptors (Lipinski definition) is 2. The highest BCUT2D eigenvalue weighted by molar-refractivity contribution is 5.37. The van der Waals surface area contributed by atoms with Gasteiger partial charge < -0.3 is 10.1 Å². The second-order valence-corrected chi connectivity index (χ2v) is 4.60. The van der Waals surface area contributed by atoms with Crippen LogP contribution in [0.25, 0.3) is 0 Å². The molecule has 2 heteroatoms. The Hall–Kier alpha value is -1.02. The molecule has 2 nitrogen and oxygen atoms in total. The minimum atomic E-state index is 0.538. The van der Waals surface area contributed by atoms with E-state index in [4.69, 9.17) is 4.74 Å². The number of benzene rings is 1. The molecule has 1 N–H and O–H groups in total. The summed E-state index contributed by atoms with van der Waals surface area (Å²) in [6, 6.07) is 6.94. The molecule has 0 spiro atoms. The van der Waals surface area contributed by atoms with E-state index in [2.05, 4.69) is 37.4 Å². The summed E-state index contributed by atoms with van der Waals surface area (Å²) in [5.41, 5.74) is 2.77. The van der Waals surface area contributed by atoms with Crippen molar-refractivity contribution in [3.8, 4) is 5.75 Å². The molecule has 88 valence electrons. The van der Waals surface area contributed by atoms with Crippen LogP contribution in [0.2, 0.25) is 0 Å². The molecule has 1 aromatic rings. The second kappa shape index (κ2) is 4.88. The number of ether oxygens (including phenoxy) is 1. The van der Waals surface area contributed by atoms with E-state index >= 15 is 0 Å². The zero-order chi connectivity index (χ0) is 11.5. The van der Waals surface area contributed by atoms with Gasteiger partial charge in [-0.3, -0.25) is 0 Å². The summed E-state index contributed by atoms with van der Waals surface area (Å²) in [5, 5.41) is 3.60. The number of nitrogens with one attached hydrogen (secondary N) is 1. The van der Waals surface area contributed by atoms with Gasteiger partial charge in [0.15, 0.2) is 0 Å². The van der Waals surface area contributed by atoms with Crippen LogP contribution in [-0.4, -0.2) is 13.7 Å². The van der Waals surface area contributed by atoms with E-state index < -0.39 is 0 Å². The number of hydrogen-bond donors (Lipinski definition) is 1. The van der Waals surface area contributed by atoms with Gasteiger partial charge in [-0.25, -0.2) is 0 Å².